The van der Waals surface area contributed by atoms with Gasteiger partial charge < -0.3 is 5.32 Å². The normalized spacial score (nSPS) is 11.6. The van der Waals surface area contributed by atoms with Crippen molar-refractivity contribution in [3.05, 3.63) is 65.2 Å². The number of allylic oxidation sites excluding steroid dienone is 1. The molecule has 2 rings (SSSR count). The van der Waals surface area contributed by atoms with Gasteiger partial charge in [-0.3, -0.25) is 0 Å². The molecule has 0 atom stereocenters. The van der Waals surface area contributed by atoms with E-state index < -0.39 is 0 Å². The lowest BCUT2D eigenvalue weighted by Gasteiger charge is -2.05. The summed E-state index contributed by atoms with van der Waals surface area (Å²) in [6.45, 7) is 3.03. The molecule has 98 valence electrons. The van der Waals surface area contributed by atoms with Crippen molar-refractivity contribution in [1.29, 1.82) is 0 Å². The molecule has 0 aromatic heterocycles. The van der Waals surface area contributed by atoms with Crippen LogP contribution in [0, 0.1) is 0 Å². The molecule has 2 aromatic carbocycles. The molecule has 0 heterocycles. The highest BCUT2D eigenvalue weighted by molar-refractivity contribution is 6.30. The highest BCUT2D eigenvalue weighted by atomic mass is 35.5. The number of rotatable bonds is 4. The summed E-state index contributed by atoms with van der Waals surface area (Å²) in [5, 5.41) is 3.89. The molecule has 2 aromatic rings. The average Bonchev–Trinajstić information content (AvgIpc) is 2.46. The van der Waals surface area contributed by atoms with Crippen LogP contribution in [0.4, 0.5) is 0 Å². The Hall–Kier alpha value is -1.57. The lowest BCUT2D eigenvalue weighted by molar-refractivity contribution is 0.920. The predicted molar refractivity (Wildman–Crippen MR) is 84.5 cm³/mol. The van der Waals surface area contributed by atoms with Gasteiger partial charge in [-0.05, 0) is 48.4 Å². The van der Waals surface area contributed by atoms with E-state index in [4.69, 9.17) is 11.6 Å². The monoisotopic (exact) mass is 271 g/mol. The number of halogens is 1. The Bertz CT molecular complexity index is 553. The van der Waals surface area contributed by atoms with Gasteiger partial charge in [-0.1, -0.05) is 54.1 Å². The first-order valence-corrected chi connectivity index (χ1v) is 6.76. The van der Waals surface area contributed by atoms with E-state index in [9.17, 15) is 0 Å². The molecule has 1 nitrogen and oxygen atoms in total. The van der Waals surface area contributed by atoms with E-state index in [0.717, 1.165) is 11.6 Å². The van der Waals surface area contributed by atoms with E-state index in [1.165, 1.54) is 22.3 Å². The third kappa shape index (κ3) is 3.69. The van der Waals surface area contributed by atoms with E-state index in [2.05, 4.69) is 42.6 Å². The maximum atomic E-state index is 5.90. The van der Waals surface area contributed by atoms with Crippen LogP contribution >= 0.6 is 11.6 Å². The molecule has 0 unspecified atom stereocenters. The van der Waals surface area contributed by atoms with Gasteiger partial charge in [0.1, 0.15) is 0 Å². The van der Waals surface area contributed by atoms with Gasteiger partial charge in [0.15, 0.2) is 0 Å². The second-order valence-electron chi connectivity index (χ2n) is 4.53. The first kappa shape index (κ1) is 13.9. The molecule has 0 bridgehead atoms. The van der Waals surface area contributed by atoms with Gasteiger partial charge in [-0.25, -0.2) is 0 Å². The summed E-state index contributed by atoms with van der Waals surface area (Å²) in [5.74, 6) is 0. The molecule has 0 amide bonds. The number of nitrogens with one attached hydrogen (secondary N) is 1. The minimum Gasteiger partial charge on any atom is -0.316 e. The topological polar surface area (TPSA) is 12.0 Å². The number of benzene rings is 2. The minimum absolute atomic E-state index is 0.770. The molecule has 0 fully saturated rings. The molecule has 0 radical (unpaired) electrons. The number of likely N-dealkylation sites (N-methyl/N-ethyl adjacent to an activating group) is 1. The molecule has 0 saturated carbocycles. The quantitative estimate of drug-likeness (QED) is 0.855. The average molecular weight is 272 g/mol. The molecule has 0 aliphatic carbocycles. The number of hydrogen-bond acceptors (Lipinski definition) is 1. The lowest BCUT2D eigenvalue weighted by Crippen LogP contribution is -2.04. The van der Waals surface area contributed by atoms with E-state index in [1.54, 1.807) is 0 Å². The highest BCUT2D eigenvalue weighted by Crippen LogP contribution is 2.23. The summed E-state index contributed by atoms with van der Waals surface area (Å²) >= 11 is 5.90. The van der Waals surface area contributed by atoms with Crippen LogP contribution in [0.5, 0.6) is 0 Å². The smallest absolute Gasteiger partial charge is 0.0406 e. The summed E-state index contributed by atoms with van der Waals surface area (Å²) in [6, 6.07) is 16.5. The molecule has 0 aliphatic rings. The lowest BCUT2D eigenvalue weighted by atomic mass is 10.0. The second-order valence-corrected chi connectivity index (χ2v) is 4.97. The Morgan fingerprint density at radius 1 is 1.00 bits per heavy atom. The van der Waals surface area contributed by atoms with Crippen molar-refractivity contribution in [2.45, 2.75) is 6.92 Å². The Morgan fingerprint density at radius 3 is 2.05 bits per heavy atom. The highest BCUT2D eigenvalue weighted by Gasteiger charge is 1.99. The Labute approximate surface area is 119 Å². The van der Waals surface area contributed by atoms with Crippen molar-refractivity contribution < 1.29 is 0 Å². The summed E-state index contributed by atoms with van der Waals surface area (Å²) in [5.41, 5.74) is 4.94. The predicted octanol–water partition coefficient (Wildman–Crippen LogP) is 4.63. The van der Waals surface area contributed by atoms with Crippen molar-refractivity contribution in [3.63, 3.8) is 0 Å². The third-order valence-electron chi connectivity index (χ3n) is 3.13. The first-order valence-electron chi connectivity index (χ1n) is 6.38. The largest absolute Gasteiger partial charge is 0.316 e. The molecule has 1 N–H and O–H groups in total. The van der Waals surface area contributed by atoms with Crippen molar-refractivity contribution in [2.24, 2.45) is 0 Å². The number of hydrogen-bond donors (Lipinski definition) is 1. The van der Waals surface area contributed by atoms with Crippen LogP contribution < -0.4 is 5.32 Å². The first-order chi connectivity index (χ1) is 9.20. The van der Waals surface area contributed by atoms with E-state index in [-0.39, 0.29) is 0 Å². The van der Waals surface area contributed by atoms with E-state index in [0.29, 0.717) is 0 Å². The fourth-order valence-corrected chi connectivity index (χ4v) is 2.07. The van der Waals surface area contributed by atoms with Crippen LogP contribution in [0.2, 0.25) is 5.02 Å². The standard InChI is InChI=1S/C17H18ClN/c1-13(11-12-19-2)14-3-5-15(6-4-14)16-7-9-17(18)10-8-16/h3-11,19H,12H2,1-2H3. The van der Waals surface area contributed by atoms with Crippen molar-refractivity contribution in [2.75, 3.05) is 13.6 Å². The van der Waals surface area contributed by atoms with Crippen LogP contribution in [0.25, 0.3) is 16.7 Å². The van der Waals surface area contributed by atoms with Crippen molar-refractivity contribution in [1.82, 2.24) is 5.32 Å². The summed E-state index contributed by atoms with van der Waals surface area (Å²) in [6.07, 6.45) is 2.19. The zero-order valence-corrected chi connectivity index (χ0v) is 12.0. The molecule has 0 spiro atoms. The molecule has 19 heavy (non-hydrogen) atoms. The van der Waals surface area contributed by atoms with E-state index in [1.807, 2.05) is 31.3 Å². The fraction of sp³-hybridized carbons (Fsp3) is 0.176. The van der Waals surface area contributed by atoms with Gasteiger partial charge in [0.25, 0.3) is 0 Å². The van der Waals surface area contributed by atoms with Crippen LogP contribution in [-0.2, 0) is 0 Å². The van der Waals surface area contributed by atoms with Crippen LogP contribution in [-0.4, -0.2) is 13.6 Å². The maximum absolute atomic E-state index is 5.90. The van der Waals surface area contributed by atoms with Crippen LogP contribution in [0.15, 0.2) is 54.6 Å². The zero-order chi connectivity index (χ0) is 13.7. The van der Waals surface area contributed by atoms with Gasteiger partial charge in [-0.15, -0.1) is 0 Å². The third-order valence-corrected chi connectivity index (χ3v) is 3.38. The van der Waals surface area contributed by atoms with Crippen molar-refractivity contribution in [3.8, 4) is 11.1 Å². The molecule has 0 saturated heterocycles. The molecular weight excluding hydrogens is 254 g/mol. The second kappa shape index (κ2) is 6.55. The van der Waals surface area contributed by atoms with Crippen LogP contribution in [0.1, 0.15) is 12.5 Å². The van der Waals surface area contributed by atoms with Gasteiger partial charge in [0.05, 0.1) is 0 Å². The molecule has 0 aliphatic heterocycles. The summed E-state index contributed by atoms with van der Waals surface area (Å²) in [7, 11) is 1.95. The molecule has 2 heteroatoms. The van der Waals surface area contributed by atoms with Gasteiger partial charge in [0.2, 0.25) is 0 Å². The Balaban J connectivity index is 2.21. The van der Waals surface area contributed by atoms with Crippen LogP contribution in [0.3, 0.4) is 0 Å². The van der Waals surface area contributed by atoms with E-state index >= 15 is 0 Å². The van der Waals surface area contributed by atoms with Crippen molar-refractivity contribution >= 4 is 17.2 Å². The summed E-state index contributed by atoms with van der Waals surface area (Å²) < 4.78 is 0. The SMILES string of the molecule is CNCC=C(C)c1ccc(-c2ccc(Cl)cc2)cc1. The Kier molecular flexibility index (Phi) is 4.78. The van der Waals surface area contributed by atoms with Gasteiger partial charge in [-0.2, -0.15) is 0 Å². The van der Waals surface area contributed by atoms with Gasteiger partial charge in [0, 0.05) is 11.6 Å². The maximum Gasteiger partial charge on any atom is 0.0406 e. The molecular formula is C17H18ClN. The summed E-state index contributed by atoms with van der Waals surface area (Å²) in [4.78, 5) is 0. The fourth-order valence-electron chi connectivity index (χ4n) is 1.94. The minimum atomic E-state index is 0.770. The Morgan fingerprint density at radius 2 is 1.53 bits per heavy atom. The zero-order valence-electron chi connectivity index (χ0n) is 11.3. The van der Waals surface area contributed by atoms with Gasteiger partial charge >= 0.3 is 0 Å².